The molecule has 0 rings (SSSR count). The van der Waals surface area contributed by atoms with Gasteiger partial charge in [0.1, 0.15) is 0 Å². The number of carbonyl (C=O) groups excluding carboxylic acids is 1. The van der Waals surface area contributed by atoms with E-state index < -0.39 is 24.2 Å². The molecular formula is C7H14ClNO5. The van der Waals surface area contributed by atoms with E-state index >= 15 is 0 Å². The second-order valence-electron chi connectivity index (χ2n) is 2.64. The van der Waals surface area contributed by atoms with E-state index in [1.807, 2.05) is 5.32 Å². The standard InChI is InChI=1S/C7H13NO5.ClH/c1-3-13-6(12)8-7(2,4-9)5(10)11;/h9H,3-4H2,1-2H3,(H,8,12)(H,10,11);1H/t7-;/m0./s1. The van der Waals surface area contributed by atoms with Crippen molar-refractivity contribution >= 4 is 24.5 Å². The summed E-state index contributed by atoms with van der Waals surface area (Å²) in [5.74, 6) is -1.32. The molecule has 0 aliphatic heterocycles. The maximum absolute atomic E-state index is 10.8. The van der Waals surface area contributed by atoms with Crippen LogP contribution in [0.3, 0.4) is 0 Å². The van der Waals surface area contributed by atoms with E-state index in [0.717, 1.165) is 0 Å². The van der Waals surface area contributed by atoms with Gasteiger partial charge >= 0.3 is 12.1 Å². The first-order valence-electron chi connectivity index (χ1n) is 3.75. The molecule has 0 aromatic rings. The zero-order chi connectivity index (χ0) is 10.5. The van der Waals surface area contributed by atoms with Gasteiger partial charge in [-0.1, -0.05) is 0 Å². The lowest BCUT2D eigenvalue weighted by molar-refractivity contribution is -0.145. The summed E-state index contributed by atoms with van der Waals surface area (Å²) in [6.07, 6.45) is -0.860. The lowest BCUT2D eigenvalue weighted by Crippen LogP contribution is -2.55. The van der Waals surface area contributed by atoms with Crippen LogP contribution >= 0.6 is 12.4 Å². The van der Waals surface area contributed by atoms with Gasteiger partial charge in [-0.15, -0.1) is 12.4 Å². The number of nitrogens with one attached hydrogen (secondary N) is 1. The molecule has 0 aliphatic carbocycles. The molecule has 0 bridgehead atoms. The van der Waals surface area contributed by atoms with Gasteiger partial charge in [-0.25, -0.2) is 9.59 Å². The van der Waals surface area contributed by atoms with Crippen molar-refractivity contribution in [3.63, 3.8) is 0 Å². The molecule has 7 heteroatoms. The molecule has 6 nitrogen and oxygen atoms in total. The van der Waals surface area contributed by atoms with Gasteiger partial charge in [-0.2, -0.15) is 0 Å². The number of aliphatic carboxylic acids is 1. The first-order valence-corrected chi connectivity index (χ1v) is 3.75. The van der Waals surface area contributed by atoms with Crippen molar-refractivity contribution in [1.82, 2.24) is 5.32 Å². The van der Waals surface area contributed by atoms with Gasteiger partial charge in [0, 0.05) is 0 Å². The van der Waals surface area contributed by atoms with Crippen molar-refractivity contribution in [3.8, 4) is 0 Å². The first-order chi connectivity index (χ1) is 5.96. The van der Waals surface area contributed by atoms with E-state index in [-0.39, 0.29) is 19.0 Å². The highest BCUT2D eigenvalue weighted by molar-refractivity contribution is 5.85. The third-order valence-electron chi connectivity index (χ3n) is 1.44. The molecule has 1 atom stereocenters. The number of halogens is 1. The topological polar surface area (TPSA) is 95.9 Å². The van der Waals surface area contributed by atoms with Gasteiger partial charge in [0.05, 0.1) is 13.2 Å². The van der Waals surface area contributed by atoms with Gasteiger partial charge in [0.25, 0.3) is 0 Å². The van der Waals surface area contributed by atoms with Crippen LogP contribution in [0.1, 0.15) is 13.8 Å². The van der Waals surface area contributed by atoms with Gasteiger partial charge < -0.3 is 20.3 Å². The largest absolute Gasteiger partial charge is 0.479 e. The molecule has 0 aliphatic rings. The maximum Gasteiger partial charge on any atom is 0.408 e. The lowest BCUT2D eigenvalue weighted by Gasteiger charge is -2.22. The van der Waals surface area contributed by atoms with Crippen molar-refractivity contribution in [2.75, 3.05) is 13.2 Å². The monoisotopic (exact) mass is 227 g/mol. The Labute approximate surface area is 87.7 Å². The molecular weight excluding hydrogens is 214 g/mol. The third kappa shape index (κ3) is 4.29. The number of amides is 1. The Kier molecular flexibility index (Phi) is 7.12. The van der Waals surface area contributed by atoms with E-state index in [1.54, 1.807) is 6.92 Å². The third-order valence-corrected chi connectivity index (χ3v) is 1.44. The van der Waals surface area contributed by atoms with Gasteiger partial charge in [0.15, 0.2) is 5.54 Å². The number of hydrogen-bond donors (Lipinski definition) is 3. The van der Waals surface area contributed by atoms with Gasteiger partial charge in [-0.3, -0.25) is 0 Å². The molecule has 0 unspecified atom stereocenters. The van der Waals surface area contributed by atoms with Crippen molar-refractivity contribution in [1.29, 1.82) is 0 Å². The summed E-state index contributed by atoms with van der Waals surface area (Å²) in [6.45, 7) is 2.23. The Morgan fingerprint density at radius 1 is 1.50 bits per heavy atom. The molecule has 14 heavy (non-hydrogen) atoms. The minimum absolute atomic E-state index is 0. The van der Waals surface area contributed by atoms with Crippen LogP contribution in [0.15, 0.2) is 0 Å². The Hall–Kier alpha value is -1.01. The highest BCUT2D eigenvalue weighted by Crippen LogP contribution is 2.02. The zero-order valence-corrected chi connectivity index (χ0v) is 8.76. The highest BCUT2D eigenvalue weighted by atomic mass is 35.5. The molecule has 3 N–H and O–H groups in total. The summed E-state index contributed by atoms with van der Waals surface area (Å²) < 4.78 is 4.47. The average molecular weight is 228 g/mol. The fraction of sp³-hybridized carbons (Fsp3) is 0.714. The van der Waals surface area contributed by atoms with Crippen LogP contribution < -0.4 is 5.32 Å². The molecule has 0 radical (unpaired) electrons. The highest BCUT2D eigenvalue weighted by Gasteiger charge is 2.34. The van der Waals surface area contributed by atoms with Crippen LogP contribution in [0.2, 0.25) is 0 Å². The van der Waals surface area contributed by atoms with E-state index in [0.29, 0.717) is 0 Å². The SMILES string of the molecule is CCOC(=O)N[C@@](C)(CO)C(=O)O.Cl. The normalized spacial score (nSPS) is 13.4. The number of carbonyl (C=O) groups is 2. The van der Waals surface area contributed by atoms with Crippen LogP contribution in [-0.2, 0) is 9.53 Å². The summed E-state index contributed by atoms with van der Waals surface area (Å²) in [6, 6.07) is 0. The molecule has 0 heterocycles. The second kappa shape index (κ2) is 6.44. The number of aliphatic hydroxyl groups is 1. The maximum atomic E-state index is 10.8. The summed E-state index contributed by atoms with van der Waals surface area (Å²) in [4.78, 5) is 21.4. The van der Waals surface area contributed by atoms with Crippen LogP contribution in [0, 0.1) is 0 Å². The Bertz CT molecular complexity index is 210. The molecule has 84 valence electrons. The molecule has 0 fully saturated rings. The lowest BCUT2D eigenvalue weighted by atomic mass is 10.1. The molecule has 1 amide bonds. The van der Waals surface area contributed by atoms with Crippen molar-refractivity contribution in [3.05, 3.63) is 0 Å². The predicted octanol–water partition coefficient (Wildman–Crippen LogP) is -0.0101. The number of hydrogen-bond acceptors (Lipinski definition) is 4. The smallest absolute Gasteiger partial charge is 0.408 e. The minimum Gasteiger partial charge on any atom is -0.479 e. The van der Waals surface area contributed by atoms with Crippen LogP contribution in [-0.4, -0.2) is 41.0 Å². The summed E-state index contributed by atoms with van der Waals surface area (Å²) >= 11 is 0. The van der Waals surface area contributed by atoms with Gasteiger partial charge in [-0.05, 0) is 13.8 Å². The van der Waals surface area contributed by atoms with Crippen LogP contribution in [0.4, 0.5) is 4.79 Å². The van der Waals surface area contributed by atoms with Crippen molar-refractivity contribution in [2.24, 2.45) is 0 Å². The van der Waals surface area contributed by atoms with E-state index in [2.05, 4.69) is 4.74 Å². The first kappa shape index (κ1) is 15.5. The fourth-order valence-electron chi connectivity index (χ4n) is 0.553. The average Bonchev–Trinajstić information content (AvgIpc) is 2.04. The summed E-state index contributed by atoms with van der Waals surface area (Å²) in [5.41, 5.74) is -1.69. The van der Waals surface area contributed by atoms with Crippen LogP contribution in [0.25, 0.3) is 0 Å². The van der Waals surface area contributed by atoms with Crippen LogP contribution in [0.5, 0.6) is 0 Å². The molecule has 0 aromatic carbocycles. The minimum atomic E-state index is -1.69. The van der Waals surface area contributed by atoms with E-state index in [9.17, 15) is 9.59 Å². The number of ether oxygens (including phenoxy) is 1. The van der Waals surface area contributed by atoms with E-state index in [4.69, 9.17) is 10.2 Å². The fourth-order valence-corrected chi connectivity index (χ4v) is 0.553. The number of carboxylic acids is 1. The van der Waals surface area contributed by atoms with Gasteiger partial charge in [0.2, 0.25) is 0 Å². The number of aliphatic hydroxyl groups excluding tert-OH is 1. The van der Waals surface area contributed by atoms with Crippen molar-refractivity contribution in [2.45, 2.75) is 19.4 Å². The Morgan fingerprint density at radius 3 is 2.29 bits per heavy atom. The molecule has 0 spiro atoms. The Balaban J connectivity index is 0. The van der Waals surface area contributed by atoms with Crippen molar-refractivity contribution < 1.29 is 24.5 Å². The molecule has 0 aromatic heterocycles. The quantitative estimate of drug-likeness (QED) is 0.628. The Morgan fingerprint density at radius 2 is 2.00 bits per heavy atom. The molecule has 0 saturated heterocycles. The number of alkyl carbamates (subject to hydrolysis) is 1. The predicted molar refractivity (Wildman–Crippen MR) is 50.5 cm³/mol. The second-order valence-corrected chi connectivity index (χ2v) is 2.64. The number of rotatable bonds is 4. The summed E-state index contributed by atoms with van der Waals surface area (Å²) in [5, 5.41) is 19.4. The zero-order valence-electron chi connectivity index (χ0n) is 7.94. The summed E-state index contributed by atoms with van der Waals surface area (Å²) in [7, 11) is 0. The van der Waals surface area contributed by atoms with E-state index in [1.165, 1.54) is 6.92 Å². The molecule has 0 saturated carbocycles. The number of carboxylic acid groups (broad SMARTS) is 1.